The molecule has 0 fully saturated rings. The first-order valence-corrected chi connectivity index (χ1v) is 10.7. The number of carbonyl (C=O) groups is 1. The van der Waals surface area contributed by atoms with Crippen molar-refractivity contribution >= 4 is 34.2 Å². The summed E-state index contributed by atoms with van der Waals surface area (Å²) in [6.07, 6.45) is 0. The van der Waals surface area contributed by atoms with Gasteiger partial charge in [0.2, 0.25) is 0 Å². The van der Waals surface area contributed by atoms with Crippen molar-refractivity contribution in [1.82, 2.24) is 15.0 Å². The Morgan fingerprint density at radius 2 is 1.66 bits per heavy atom. The molecule has 0 atom stereocenters. The second kappa shape index (κ2) is 9.28. The molecule has 1 aromatic heterocycles. The third-order valence-electron chi connectivity index (χ3n) is 4.85. The Bertz CT molecular complexity index is 1270. The molecule has 32 heavy (non-hydrogen) atoms. The normalized spacial score (nSPS) is 10.9. The van der Waals surface area contributed by atoms with Gasteiger partial charge in [-0.05, 0) is 80.9 Å². The summed E-state index contributed by atoms with van der Waals surface area (Å²) in [4.78, 5) is 14.3. The predicted octanol–water partition coefficient (Wildman–Crippen LogP) is 5.43. The number of halogens is 1. The van der Waals surface area contributed by atoms with Gasteiger partial charge in [-0.2, -0.15) is 4.80 Å². The quantitative estimate of drug-likeness (QED) is 0.406. The van der Waals surface area contributed by atoms with Gasteiger partial charge in [-0.25, -0.2) is 0 Å². The Morgan fingerprint density at radius 3 is 2.31 bits per heavy atom. The van der Waals surface area contributed by atoms with Gasteiger partial charge in [0, 0.05) is 11.3 Å². The maximum Gasteiger partial charge on any atom is 0.255 e. The summed E-state index contributed by atoms with van der Waals surface area (Å²) < 4.78 is 10.9. The van der Waals surface area contributed by atoms with E-state index in [1.807, 2.05) is 57.2 Å². The fourth-order valence-corrected chi connectivity index (χ4v) is 3.50. The minimum Gasteiger partial charge on any atom is -0.494 e. The third kappa shape index (κ3) is 4.53. The molecule has 4 aromatic rings. The third-order valence-corrected chi connectivity index (χ3v) is 5.14. The van der Waals surface area contributed by atoms with Gasteiger partial charge in [0.1, 0.15) is 22.5 Å². The fraction of sp³-hybridized carbons (Fsp3) is 0.208. The minimum absolute atomic E-state index is 0.267. The highest BCUT2D eigenvalue weighted by molar-refractivity contribution is 6.32. The van der Waals surface area contributed by atoms with Crippen LogP contribution in [0.2, 0.25) is 5.02 Å². The van der Waals surface area contributed by atoms with Crippen LogP contribution in [-0.4, -0.2) is 34.1 Å². The Kier molecular flexibility index (Phi) is 6.28. The van der Waals surface area contributed by atoms with Gasteiger partial charge in [-0.15, -0.1) is 10.2 Å². The van der Waals surface area contributed by atoms with Crippen LogP contribution in [0.4, 0.5) is 5.69 Å². The first-order valence-electron chi connectivity index (χ1n) is 10.3. The van der Waals surface area contributed by atoms with Gasteiger partial charge in [0.15, 0.2) is 0 Å². The fourth-order valence-electron chi connectivity index (χ4n) is 3.27. The summed E-state index contributed by atoms with van der Waals surface area (Å²) in [5.74, 6) is 1.08. The van der Waals surface area contributed by atoms with Gasteiger partial charge in [-0.3, -0.25) is 4.79 Å². The first-order chi connectivity index (χ1) is 15.5. The zero-order chi connectivity index (χ0) is 22.7. The molecule has 0 bridgehead atoms. The van der Waals surface area contributed by atoms with Crippen molar-refractivity contribution in [2.24, 2.45) is 0 Å². The highest BCUT2D eigenvalue weighted by atomic mass is 35.5. The molecule has 0 aliphatic rings. The van der Waals surface area contributed by atoms with Crippen LogP contribution in [0.15, 0.2) is 54.6 Å². The molecule has 164 valence electrons. The zero-order valence-corrected chi connectivity index (χ0v) is 18.8. The summed E-state index contributed by atoms with van der Waals surface area (Å²) in [6.45, 7) is 6.85. The number of fused-ring (bicyclic) bond motifs is 1. The molecular formula is C24H23ClN4O3. The van der Waals surface area contributed by atoms with E-state index in [0.29, 0.717) is 40.8 Å². The largest absolute Gasteiger partial charge is 0.494 e. The molecule has 7 nitrogen and oxygen atoms in total. The zero-order valence-electron chi connectivity index (χ0n) is 18.1. The molecule has 3 aromatic carbocycles. The molecule has 0 aliphatic carbocycles. The maximum atomic E-state index is 12.8. The van der Waals surface area contributed by atoms with E-state index in [9.17, 15) is 4.79 Å². The molecule has 1 amide bonds. The van der Waals surface area contributed by atoms with E-state index in [4.69, 9.17) is 21.1 Å². The molecule has 4 rings (SSSR count). The monoisotopic (exact) mass is 450 g/mol. The van der Waals surface area contributed by atoms with Crippen molar-refractivity contribution < 1.29 is 14.3 Å². The van der Waals surface area contributed by atoms with E-state index in [1.165, 1.54) is 0 Å². The highest BCUT2D eigenvalue weighted by Crippen LogP contribution is 2.27. The number of anilines is 1. The van der Waals surface area contributed by atoms with Crippen molar-refractivity contribution in [2.45, 2.75) is 20.8 Å². The topological polar surface area (TPSA) is 78.3 Å². The van der Waals surface area contributed by atoms with E-state index in [2.05, 4.69) is 15.5 Å². The van der Waals surface area contributed by atoms with Gasteiger partial charge >= 0.3 is 0 Å². The lowest BCUT2D eigenvalue weighted by atomic mass is 10.1. The summed E-state index contributed by atoms with van der Waals surface area (Å²) in [7, 11) is 0. The van der Waals surface area contributed by atoms with Gasteiger partial charge in [0.05, 0.1) is 23.9 Å². The number of benzene rings is 3. The molecule has 0 saturated heterocycles. The second-order valence-electron chi connectivity index (χ2n) is 7.10. The minimum atomic E-state index is -0.267. The lowest BCUT2D eigenvalue weighted by Gasteiger charge is -2.10. The van der Waals surface area contributed by atoms with Crippen LogP contribution in [0.5, 0.6) is 11.5 Å². The number of nitrogens with one attached hydrogen (secondary N) is 1. The molecule has 0 aliphatic heterocycles. The average Bonchev–Trinajstić information content (AvgIpc) is 3.19. The summed E-state index contributed by atoms with van der Waals surface area (Å²) in [5.41, 5.74) is 4.20. The van der Waals surface area contributed by atoms with Crippen LogP contribution in [-0.2, 0) is 0 Å². The molecule has 0 saturated carbocycles. The van der Waals surface area contributed by atoms with E-state index >= 15 is 0 Å². The van der Waals surface area contributed by atoms with E-state index in [1.54, 1.807) is 23.0 Å². The molecule has 0 spiro atoms. The Hall–Kier alpha value is -3.58. The number of amides is 1. The van der Waals surface area contributed by atoms with Gasteiger partial charge in [-0.1, -0.05) is 11.6 Å². The number of ether oxygens (including phenoxy) is 2. The van der Waals surface area contributed by atoms with Crippen molar-refractivity contribution in [3.8, 4) is 17.2 Å². The average molecular weight is 451 g/mol. The predicted molar refractivity (Wildman–Crippen MR) is 125 cm³/mol. The maximum absolute atomic E-state index is 12.8. The second-order valence-corrected chi connectivity index (χ2v) is 7.51. The van der Waals surface area contributed by atoms with Crippen LogP contribution < -0.4 is 14.8 Å². The molecule has 0 unspecified atom stereocenters. The van der Waals surface area contributed by atoms with Crippen LogP contribution >= 0.6 is 11.6 Å². The van der Waals surface area contributed by atoms with Gasteiger partial charge < -0.3 is 14.8 Å². The number of aromatic nitrogens is 3. The highest BCUT2D eigenvalue weighted by Gasteiger charge is 2.13. The first kappa shape index (κ1) is 21.6. The Morgan fingerprint density at radius 1 is 0.969 bits per heavy atom. The van der Waals surface area contributed by atoms with Gasteiger partial charge in [0.25, 0.3) is 5.91 Å². The smallest absolute Gasteiger partial charge is 0.255 e. The Balaban J connectivity index is 1.58. The Labute approximate surface area is 190 Å². The van der Waals surface area contributed by atoms with Crippen LogP contribution in [0, 0.1) is 6.92 Å². The number of aryl methyl sites for hydroxylation is 1. The van der Waals surface area contributed by atoms with Crippen molar-refractivity contribution in [3.63, 3.8) is 0 Å². The number of hydrogen-bond acceptors (Lipinski definition) is 5. The number of nitrogens with zero attached hydrogens (tertiary/aromatic N) is 3. The van der Waals surface area contributed by atoms with E-state index < -0.39 is 0 Å². The number of rotatable bonds is 7. The van der Waals surface area contributed by atoms with Crippen LogP contribution in [0.1, 0.15) is 29.8 Å². The summed E-state index contributed by atoms with van der Waals surface area (Å²) in [5, 5.41) is 12.4. The number of hydrogen-bond donors (Lipinski definition) is 1. The van der Waals surface area contributed by atoms with Crippen LogP contribution in [0.25, 0.3) is 16.7 Å². The molecule has 1 heterocycles. The molecule has 0 radical (unpaired) electrons. The number of carbonyl (C=O) groups excluding carboxylic acids is 1. The summed E-state index contributed by atoms with van der Waals surface area (Å²) >= 11 is 6.22. The summed E-state index contributed by atoms with van der Waals surface area (Å²) in [6, 6.07) is 16.2. The van der Waals surface area contributed by atoms with Crippen molar-refractivity contribution in [2.75, 3.05) is 18.5 Å². The standard InChI is InChI=1S/C24H23ClN4O3/c1-4-31-18-9-7-17(8-10-18)29-27-21-12-15(3)20(14-22(21)28-29)26-24(30)16-6-11-23(32-5-2)19(25)13-16/h6-14H,4-5H2,1-3H3,(H,26,30). The molecular weight excluding hydrogens is 428 g/mol. The molecule has 8 heteroatoms. The SMILES string of the molecule is CCOc1ccc(-n2nc3cc(C)c(NC(=O)c4ccc(OCC)c(Cl)c4)cc3n2)cc1. The van der Waals surface area contributed by atoms with E-state index in [0.717, 1.165) is 22.5 Å². The molecule has 1 N–H and O–H groups in total. The van der Waals surface area contributed by atoms with Crippen LogP contribution in [0.3, 0.4) is 0 Å². The van der Waals surface area contributed by atoms with Crippen molar-refractivity contribution in [1.29, 1.82) is 0 Å². The van der Waals surface area contributed by atoms with Crippen molar-refractivity contribution in [3.05, 3.63) is 70.7 Å². The van der Waals surface area contributed by atoms with E-state index in [-0.39, 0.29) is 5.91 Å². The lowest BCUT2D eigenvalue weighted by molar-refractivity contribution is 0.102. The lowest BCUT2D eigenvalue weighted by Crippen LogP contribution is -2.13.